The zero-order valence-electron chi connectivity index (χ0n) is 39.9. The van der Waals surface area contributed by atoms with Gasteiger partial charge in [-0.25, -0.2) is 0 Å². The lowest BCUT2D eigenvalue weighted by atomic mass is 9.86. The molecule has 4 aromatic rings. The number of carbonyl (C=O) groups is 5. The molecule has 1 aliphatic heterocycles. The number of carbonyl (C=O) groups excluding carboxylic acids is 5. The number of nitrogens with one attached hydrogen (secondary N) is 4. The van der Waals surface area contributed by atoms with Crippen molar-refractivity contribution in [1.29, 1.82) is 5.26 Å². The molecule has 0 saturated carbocycles. The van der Waals surface area contributed by atoms with Crippen molar-refractivity contribution < 1.29 is 38.4 Å². The van der Waals surface area contributed by atoms with Crippen LogP contribution in [0.5, 0.6) is 11.5 Å². The maximum absolute atomic E-state index is 14.8. The highest BCUT2D eigenvalue weighted by molar-refractivity contribution is 6.01. The van der Waals surface area contributed by atoms with Gasteiger partial charge in [-0.05, 0) is 97.8 Å². The second-order valence-electron chi connectivity index (χ2n) is 17.7. The predicted molar refractivity (Wildman–Crippen MR) is 258 cm³/mol. The number of aryl methyl sites for hydroxylation is 2. The summed E-state index contributed by atoms with van der Waals surface area (Å²) in [7, 11) is 1.38. The van der Waals surface area contributed by atoms with E-state index in [2.05, 4.69) is 26.3 Å². The van der Waals surface area contributed by atoms with Crippen molar-refractivity contribution in [3.63, 3.8) is 0 Å². The second-order valence-corrected chi connectivity index (χ2v) is 17.7. The van der Waals surface area contributed by atoms with Gasteiger partial charge in [-0.15, -0.1) is 0 Å². The monoisotopic (exact) mass is 947 g/mol. The molecule has 0 saturated heterocycles. The van der Waals surface area contributed by atoms with E-state index in [-0.39, 0.29) is 91.4 Å². The Labute approximate surface area is 400 Å². The molecule has 0 radical (unpaired) electrons. The molecule has 5 amide bonds. The minimum atomic E-state index is -1.45. The molecule has 5 rings (SSSR count). The van der Waals surface area contributed by atoms with Gasteiger partial charge < -0.3 is 52.8 Å². The van der Waals surface area contributed by atoms with Crippen molar-refractivity contribution >= 4 is 35.2 Å². The van der Waals surface area contributed by atoms with Gasteiger partial charge in [-0.3, -0.25) is 39.1 Å². The van der Waals surface area contributed by atoms with E-state index in [1.807, 2.05) is 32.9 Å². The highest BCUT2D eigenvalue weighted by Crippen LogP contribution is 2.40. The van der Waals surface area contributed by atoms with Crippen LogP contribution in [-0.4, -0.2) is 109 Å². The van der Waals surface area contributed by atoms with E-state index in [1.54, 1.807) is 62.4 Å². The molecule has 69 heavy (non-hydrogen) atoms. The van der Waals surface area contributed by atoms with Crippen LogP contribution in [0.15, 0.2) is 60.7 Å². The number of nitro benzene ring substituents is 1. The molecule has 1 aromatic heterocycles. The Balaban J connectivity index is 1.58. The average Bonchev–Trinajstić information content (AvgIpc) is 3.30. The number of hydrogen-bond donors (Lipinski definition) is 7. The van der Waals surface area contributed by atoms with Gasteiger partial charge in [0.15, 0.2) is 0 Å². The summed E-state index contributed by atoms with van der Waals surface area (Å²) in [4.78, 5) is 88.3. The lowest BCUT2D eigenvalue weighted by Gasteiger charge is -2.32. The van der Waals surface area contributed by atoms with Gasteiger partial charge >= 0.3 is 0 Å². The fraction of sp³-hybridized carbons (Fsp3) is 0.408. The summed E-state index contributed by atoms with van der Waals surface area (Å²) >= 11 is 0. The lowest BCUT2D eigenvalue weighted by Crippen LogP contribution is -2.56. The van der Waals surface area contributed by atoms with Crippen LogP contribution in [-0.2, 0) is 31.0 Å². The first-order chi connectivity index (χ1) is 32.7. The summed E-state index contributed by atoms with van der Waals surface area (Å²) < 4.78 is 12.2. The van der Waals surface area contributed by atoms with Gasteiger partial charge in [-0.1, -0.05) is 39.0 Å². The number of hydrogen-bond acceptors (Lipinski definition) is 14. The first kappa shape index (κ1) is 52.5. The topological polar surface area (TPSA) is 313 Å². The Kier molecular flexibility index (Phi) is 17.5. The van der Waals surface area contributed by atoms with Gasteiger partial charge in [0.2, 0.25) is 23.6 Å². The van der Waals surface area contributed by atoms with Crippen molar-refractivity contribution in [3.8, 4) is 40.0 Å². The highest BCUT2D eigenvalue weighted by Gasteiger charge is 2.37. The van der Waals surface area contributed by atoms with E-state index in [0.29, 0.717) is 33.8 Å². The Morgan fingerprint density at radius 1 is 0.928 bits per heavy atom. The highest BCUT2D eigenvalue weighted by atomic mass is 16.6. The van der Waals surface area contributed by atoms with Crippen molar-refractivity contribution in [2.24, 2.45) is 17.2 Å². The number of benzene rings is 3. The van der Waals surface area contributed by atoms with E-state index in [9.17, 15) is 39.3 Å². The van der Waals surface area contributed by atoms with E-state index < -0.39 is 58.6 Å². The molecule has 4 atom stereocenters. The van der Waals surface area contributed by atoms with Crippen LogP contribution >= 0.6 is 0 Å². The molecule has 20 heteroatoms. The largest absolute Gasteiger partial charge is 0.492 e. The van der Waals surface area contributed by atoms with Crippen LogP contribution in [0.4, 0.5) is 5.69 Å². The maximum Gasteiger partial charge on any atom is 0.279 e. The van der Waals surface area contributed by atoms with Gasteiger partial charge in [0.1, 0.15) is 55.4 Å². The normalized spacial score (nSPS) is 16.4. The Morgan fingerprint density at radius 3 is 2.17 bits per heavy atom. The van der Waals surface area contributed by atoms with Gasteiger partial charge in [0, 0.05) is 43.8 Å². The van der Waals surface area contributed by atoms with E-state index in [4.69, 9.17) is 26.7 Å². The Morgan fingerprint density at radius 2 is 1.58 bits per heavy atom. The summed E-state index contributed by atoms with van der Waals surface area (Å²) in [5.41, 5.74) is 21.1. The molecule has 10 N–H and O–H groups in total. The molecule has 1 unspecified atom stereocenters. The summed E-state index contributed by atoms with van der Waals surface area (Å²) in [6, 6.07) is 13.2. The molecule has 0 aliphatic carbocycles. The summed E-state index contributed by atoms with van der Waals surface area (Å²) in [6.45, 7) is 10.7. The fourth-order valence-corrected chi connectivity index (χ4v) is 8.04. The smallest absolute Gasteiger partial charge is 0.279 e. The number of nitrogens with zero attached hydrogens (tertiary/aromatic N) is 4. The first-order valence-electron chi connectivity index (χ1n) is 22.5. The molecule has 3 aromatic carbocycles. The molecule has 4 bridgehead atoms. The fourth-order valence-electron chi connectivity index (χ4n) is 8.04. The molecule has 0 fully saturated rings. The third-order valence-electron chi connectivity index (χ3n) is 11.6. The van der Waals surface area contributed by atoms with Gasteiger partial charge in [0.05, 0.1) is 33.5 Å². The first-order valence-corrected chi connectivity index (χ1v) is 22.5. The van der Waals surface area contributed by atoms with Crippen LogP contribution in [0.2, 0.25) is 0 Å². The van der Waals surface area contributed by atoms with Crippen molar-refractivity contribution in [2.75, 3.05) is 46.4 Å². The van der Waals surface area contributed by atoms with E-state index in [1.165, 1.54) is 20.0 Å². The van der Waals surface area contributed by atoms with Gasteiger partial charge in [-0.2, -0.15) is 5.26 Å². The standard InChI is InChI=1S/C49H61N11O9/c1-27-22-37(33-11-10-32(49(4,5)6)26-39(33)60(66)67)55-28(2)42(27)46(63)57-36(14-15-50)48(65)59(7)43-31-9-13-41(69-21-18-53)35(25-31)34-23-30(8-12-40(34)68-20-17-52)24-38(45(62)54-19-16-51)58-44(61)29(3)56-47(43)64/h8-13,22-23,25-26,29,36,38,43H,14-15,17-21,24,50,52-53H2,1-7H3,(H,54,62)(H,56,64)(H,57,63)(H,58,61)/t29-,36?,38-,43-/m0/s1. The molecule has 1 aliphatic rings. The third kappa shape index (κ3) is 12.6. The molecule has 2 heterocycles. The van der Waals surface area contributed by atoms with Crippen LogP contribution in [0.25, 0.3) is 22.4 Å². The number of amides is 5. The van der Waals surface area contributed by atoms with Gasteiger partial charge in [0.25, 0.3) is 11.6 Å². The summed E-state index contributed by atoms with van der Waals surface area (Å²) in [6.07, 6.45) is -0.0765. The number of pyridine rings is 1. The van der Waals surface area contributed by atoms with Crippen molar-refractivity contribution in [2.45, 2.75) is 84.0 Å². The van der Waals surface area contributed by atoms with Crippen molar-refractivity contribution in [1.82, 2.24) is 31.2 Å². The maximum atomic E-state index is 14.8. The second kappa shape index (κ2) is 23.0. The molecule has 20 nitrogen and oxygen atoms in total. The average molecular weight is 948 g/mol. The van der Waals surface area contributed by atoms with E-state index in [0.717, 1.165) is 10.5 Å². The number of likely N-dealkylation sites (N-methyl/N-ethyl adjacent to an activating group) is 1. The third-order valence-corrected chi connectivity index (χ3v) is 11.6. The minimum absolute atomic E-state index is 0.0200. The zero-order valence-corrected chi connectivity index (χ0v) is 39.9. The lowest BCUT2D eigenvalue weighted by molar-refractivity contribution is -0.384. The number of rotatable bonds is 16. The number of aromatic nitrogens is 1. The minimum Gasteiger partial charge on any atom is -0.492 e. The quantitative estimate of drug-likeness (QED) is 0.0483. The van der Waals surface area contributed by atoms with Crippen molar-refractivity contribution in [3.05, 3.63) is 104 Å². The summed E-state index contributed by atoms with van der Waals surface area (Å²) in [5, 5.41) is 32.1. The molecule has 0 spiro atoms. The number of ether oxygens (including phenoxy) is 2. The van der Waals surface area contributed by atoms with E-state index >= 15 is 0 Å². The molecule has 366 valence electrons. The number of nitro groups is 1. The zero-order chi connectivity index (χ0) is 50.7. The Bertz CT molecular complexity index is 2620. The van der Waals surface area contributed by atoms with Crippen LogP contribution in [0.1, 0.15) is 78.5 Å². The molecular weight excluding hydrogens is 887 g/mol. The SMILES string of the molecule is Cc1cc(-c2ccc(C(C)(C)C)cc2[N+](=O)[O-])nc(C)c1C(=O)NC(CCN)C(=O)N(C)[C@@H]1C(=O)N[C@@H](C)C(=O)N[C@H](C(=O)NCC#N)Cc2ccc(OCCN)c(c2)-c2cc1ccc2OCCN. The number of fused-ring (bicyclic) bond motifs is 5. The molecular formula is C49H61N11O9. The number of nitriles is 1. The predicted octanol–water partition coefficient (Wildman–Crippen LogP) is 2.75. The van der Waals surface area contributed by atoms with Crippen LogP contribution in [0.3, 0.4) is 0 Å². The Hall–Kier alpha value is -7.47. The van der Waals surface area contributed by atoms with Crippen LogP contribution in [0, 0.1) is 35.3 Å². The summed E-state index contributed by atoms with van der Waals surface area (Å²) in [5.74, 6) is -2.83. The number of nitrogens with two attached hydrogens (primary N) is 3. The van der Waals surface area contributed by atoms with Crippen LogP contribution < -0.4 is 47.9 Å².